The molecule has 1 spiro atoms. The number of para-hydroxylation sites is 1. The topological polar surface area (TPSA) is 87.7 Å². The number of fused-ring (bicyclic) bond motifs is 2. The van der Waals surface area contributed by atoms with Crippen molar-refractivity contribution in [3.8, 4) is 5.75 Å². The van der Waals surface area contributed by atoms with Crippen molar-refractivity contribution in [3.63, 3.8) is 0 Å². The fraction of sp³-hybridized carbons (Fsp3) is 0.286. The third-order valence-corrected chi connectivity index (χ3v) is 5.16. The average molecular weight is 379 g/mol. The summed E-state index contributed by atoms with van der Waals surface area (Å²) in [6, 6.07) is 16.3. The molecule has 2 aromatic carbocycles. The Kier molecular flexibility index (Phi) is 4.73. The largest absolute Gasteiger partial charge is 0.492 e. The number of hydrogen-bond acceptors (Lipinski definition) is 4. The minimum atomic E-state index is -1.04. The third-order valence-electron chi connectivity index (χ3n) is 5.16. The van der Waals surface area contributed by atoms with Crippen molar-refractivity contribution in [2.45, 2.75) is 18.4 Å². The highest BCUT2D eigenvalue weighted by molar-refractivity contribution is 6.09. The molecule has 1 saturated heterocycles. The molecule has 0 radical (unpaired) electrons. The van der Waals surface area contributed by atoms with Crippen molar-refractivity contribution in [1.29, 1.82) is 0 Å². The van der Waals surface area contributed by atoms with E-state index < -0.39 is 17.5 Å². The van der Waals surface area contributed by atoms with Gasteiger partial charge in [-0.1, -0.05) is 42.5 Å². The molecule has 2 aliphatic rings. The van der Waals surface area contributed by atoms with Crippen molar-refractivity contribution in [1.82, 2.24) is 15.5 Å². The molecule has 1 aliphatic heterocycles. The number of hydrogen-bond donors (Lipinski definition) is 2. The van der Waals surface area contributed by atoms with Gasteiger partial charge in [0.2, 0.25) is 5.91 Å². The van der Waals surface area contributed by atoms with E-state index in [0.29, 0.717) is 18.8 Å². The van der Waals surface area contributed by atoms with Gasteiger partial charge in [-0.3, -0.25) is 14.5 Å². The van der Waals surface area contributed by atoms with E-state index >= 15 is 0 Å². The zero-order valence-corrected chi connectivity index (χ0v) is 15.3. The molecular weight excluding hydrogens is 358 g/mol. The quantitative estimate of drug-likeness (QED) is 0.589. The van der Waals surface area contributed by atoms with Crippen molar-refractivity contribution >= 4 is 17.8 Å². The number of rotatable bonds is 6. The van der Waals surface area contributed by atoms with Crippen molar-refractivity contribution in [2.24, 2.45) is 0 Å². The van der Waals surface area contributed by atoms with Crippen LogP contribution in [0.1, 0.15) is 17.5 Å². The van der Waals surface area contributed by atoms with Gasteiger partial charge in [0.05, 0.1) is 6.54 Å². The molecule has 2 N–H and O–H groups in total. The number of urea groups is 1. The number of carbonyl (C=O) groups is 3. The molecule has 2 aromatic rings. The highest BCUT2D eigenvalue weighted by atomic mass is 16.5. The molecule has 1 unspecified atom stereocenters. The summed E-state index contributed by atoms with van der Waals surface area (Å²) in [5.41, 5.74) is 0.845. The van der Waals surface area contributed by atoms with Crippen LogP contribution in [0.25, 0.3) is 0 Å². The Morgan fingerprint density at radius 2 is 1.86 bits per heavy atom. The lowest BCUT2D eigenvalue weighted by atomic mass is 9.92. The fourth-order valence-corrected chi connectivity index (χ4v) is 3.81. The number of aryl methyl sites for hydroxylation is 1. The van der Waals surface area contributed by atoms with E-state index in [1.807, 2.05) is 54.6 Å². The first-order valence-corrected chi connectivity index (χ1v) is 9.27. The SMILES string of the molecule is O=C(CN1C(=O)NC2(CCc3ccccc32)C1=O)NCCOc1ccccc1. The minimum Gasteiger partial charge on any atom is -0.492 e. The number of nitrogens with zero attached hydrogens (tertiary/aromatic N) is 1. The average Bonchev–Trinajstić information content (AvgIpc) is 3.20. The van der Waals surface area contributed by atoms with E-state index in [-0.39, 0.29) is 19.0 Å². The molecular formula is C21H21N3O4. The van der Waals surface area contributed by atoms with Crippen molar-refractivity contribution in [2.75, 3.05) is 19.7 Å². The summed E-state index contributed by atoms with van der Waals surface area (Å²) in [6.07, 6.45) is 1.24. The number of ether oxygens (including phenoxy) is 1. The molecule has 1 aliphatic carbocycles. The van der Waals surface area contributed by atoms with E-state index in [2.05, 4.69) is 10.6 Å². The smallest absolute Gasteiger partial charge is 0.325 e. The first-order valence-electron chi connectivity index (χ1n) is 9.27. The van der Waals surface area contributed by atoms with Crippen LogP contribution in [-0.4, -0.2) is 42.4 Å². The molecule has 7 nitrogen and oxygen atoms in total. The van der Waals surface area contributed by atoms with Crippen LogP contribution in [0.2, 0.25) is 0 Å². The number of amides is 4. The zero-order chi connectivity index (χ0) is 19.6. The highest BCUT2D eigenvalue weighted by Gasteiger charge is 2.55. The summed E-state index contributed by atoms with van der Waals surface area (Å²) < 4.78 is 5.51. The van der Waals surface area contributed by atoms with Crippen LogP contribution in [0, 0.1) is 0 Å². The molecule has 0 aromatic heterocycles. The van der Waals surface area contributed by atoms with Gasteiger partial charge in [-0.25, -0.2) is 4.79 Å². The van der Waals surface area contributed by atoms with Crippen LogP contribution in [-0.2, 0) is 21.5 Å². The first-order chi connectivity index (χ1) is 13.6. The second-order valence-corrected chi connectivity index (χ2v) is 6.90. The lowest BCUT2D eigenvalue weighted by Gasteiger charge is -2.22. The highest BCUT2D eigenvalue weighted by Crippen LogP contribution is 2.41. The molecule has 1 heterocycles. The lowest BCUT2D eigenvalue weighted by molar-refractivity contribution is -0.135. The summed E-state index contributed by atoms with van der Waals surface area (Å²) >= 11 is 0. The van der Waals surface area contributed by atoms with Gasteiger partial charge in [-0.05, 0) is 36.1 Å². The Labute approximate surface area is 162 Å². The number of carbonyl (C=O) groups excluding carboxylic acids is 3. The van der Waals surface area contributed by atoms with Gasteiger partial charge < -0.3 is 15.4 Å². The number of benzene rings is 2. The number of imide groups is 1. The van der Waals surface area contributed by atoms with Crippen molar-refractivity contribution < 1.29 is 19.1 Å². The van der Waals surface area contributed by atoms with Gasteiger partial charge in [0.15, 0.2) is 0 Å². The Balaban J connectivity index is 1.33. The summed E-state index contributed by atoms with van der Waals surface area (Å²) in [4.78, 5) is 38.6. The maximum Gasteiger partial charge on any atom is 0.325 e. The van der Waals surface area contributed by atoms with Gasteiger partial charge in [-0.15, -0.1) is 0 Å². The van der Waals surface area contributed by atoms with Gasteiger partial charge in [-0.2, -0.15) is 0 Å². The molecule has 28 heavy (non-hydrogen) atoms. The second-order valence-electron chi connectivity index (χ2n) is 6.90. The molecule has 0 bridgehead atoms. The van der Waals surface area contributed by atoms with Crippen LogP contribution in [0.3, 0.4) is 0 Å². The van der Waals surface area contributed by atoms with Crippen LogP contribution < -0.4 is 15.4 Å². The van der Waals surface area contributed by atoms with E-state index in [0.717, 1.165) is 22.4 Å². The predicted molar refractivity (Wildman–Crippen MR) is 102 cm³/mol. The molecule has 7 heteroatoms. The summed E-state index contributed by atoms with van der Waals surface area (Å²) in [7, 11) is 0. The summed E-state index contributed by atoms with van der Waals surface area (Å²) in [5.74, 6) is -0.0469. The molecule has 4 amide bonds. The maximum absolute atomic E-state index is 13.0. The van der Waals surface area contributed by atoms with Gasteiger partial charge in [0, 0.05) is 0 Å². The van der Waals surface area contributed by atoms with Crippen molar-refractivity contribution in [3.05, 3.63) is 65.7 Å². The van der Waals surface area contributed by atoms with Crippen LogP contribution in [0.15, 0.2) is 54.6 Å². The van der Waals surface area contributed by atoms with Crippen LogP contribution in [0.5, 0.6) is 5.75 Å². The van der Waals surface area contributed by atoms with Crippen LogP contribution in [0.4, 0.5) is 4.79 Å². The molecule has 4 rings (SSSR count). The maximum atomic E-state index is 13.0. The molecule has 144 valence electrons. The Morgan fingerprint density at radius 1 is 1.11 bits per heavy atom. The Bertz CT molecular complexity index is 915. The Morgan fingerprint density at radius 3 is 2.68 bits per heavy atom. The monoisotopic (exact) mass is 379 g/mol. The van der Waals surface area contributed by atoms with Crippen LogP contribution >= 0.6 is 0 Å². The summed E-state index contributed by atoms with van der Waals surface area (Å²) in [6.45, 7) is 0.276. The number of nitrogens with one attached hydrogen (secondary N) is 2. The predicted octanol–water partition coefficient (Wildman–Crippen LogP) is 1.58. The normalized spacial score (nSPS) is 20.2. The first kappa shape index (κ1) is 18.0. The van der Waals surface area contributed by atoms with E-state index in [1.165, 1.54) is 0 Å². The van der Waals surface area contributed by atoms with E-state index in [4.69, 9.17) is 4.74 Å². The fourth-order valence-electron chi connectivity index (χ4n) is 3.81. The Hall–Kier alpha value is -3.35. The third kappa shape index (κ3) is 3.19. The second kappa shape index (κ2) is 7.34. The minimum absolute atomic E-state index is 0.283. The zero-order valence-electron chi connectivity index (χ0n) is 15.3. The molecule has 0 saturated carbocycles. The van der Waals surface area contributed by atoms with E-state index in [1.54, 1.807) is 0 Å². The van der Waals surface area contributed by atoms with Gasteiger partial charge >= 0.3 is 6.03 Å². The molecule has 1 fully saturated rings. The standard InChI is InChI=1S/C21H21N3O4/c25-18(22-12-13-28-16-7-2-1-3-8-16)14-24-19(26)21(23-20(24)27)11-10-15-6-4-5-9-17(15)21/h1-9H,10-14H2,(H,22,25)(H,23,27). The lowest BCUT2D eigenvalue weighted by Crippen LogP contribution is -2.44. The molecule has 1 atom stereocenters. The summed E-state index contributed by atoms with van der Waals surface area (Å²) in [5, 5.41) is 5.49. The van der Waals surface area contributed by atoms with Gasteiger partial charge in [0.1, 0.15) is 24.4 Å². The van der Waals surface area contributed by atoms with Gasteiger partial charge in [0.25, 0.3) is 5.91 Å². The van der Waals surface area contributed by atoms with E-state index in [9.17, 15) is 14.4 Å².